The van der Waals surface area contributed by atoms with Crippen molar-refractivity contribution in [3.63, 3.8) is 0 Å². The first kappa shape index (κ1) is 16.9. The summed E-state index contributed by atoms with van der Waals surface area (Å²) in [5.74, 6) is 0.776. The molecule has 2 N–H and O–H groups in total. The topological polar surface area (TPSA) is 71.0 Å². The highest BCUT2D eigenvalue weighted by atomic mass is 16.6. The van der Waals surface area contributed by atoms with Crippen molar-refractivity contribution in [1.82, 2.24) is 4.90 Å². The number of fused-ring (bicyclic) bond motifs is 2. The molecule has 24 heavy (non-hydrogen) atoms. The number of anilines is 1. The van der Waals surface area contributed by atoms with Crippen LogP contribution in [-0.2, 0) is 10.2 Å². The molecule has 6 heteroatoms. The minimum absolute atomic E-state index is 0.288. The Kier molecular flexibility index (Phi) is 4.11. The molecular formula is C18H26N2O4. The first-order valence-electron chi connectivity index (χ1n) is 8.36. The average Bonchev–Trinajstić information content (AvgIpc) is 2.78. The monoisotopic (exact) mass is 334 g/mol. The van der Waals surface area contributed by atoms with E-state index in [1.807, 2.05) is 39.0 Å². The molecular weight excluding hydrogens is 308 g/mol. The van der Waals surface area contributed by atoms with E-state index in [0.717, 1.165) is 17.0 Å². The van der Waals surface area contributed by atoms with Gasteiger partial charge in [0.15, 0.2) is 0 Å². The van der Waals surface area contributed by atoms with E-state index >= 15 is 0 Å². The molecule has 1 aromatic rings. The number of nitrogens with one attached hydrogen (secondary N) is 1. The van der Waals surface area contributed by atoms with Crippen molar-refractivity contribution in [2.24, 2.45) is 0 Å². The van der Waals surface area contributed by atoms with E-state index in [-0.39, 0.29) is 11.5 Å². The van der Waals surface area contributed by atoms with Crippen molar-refractivity contribution in [2.45, 2.75) is 50.9 Å². The van der Waals surface area contributed by atoms with Crippen LogP contribution in [0.5, 0.6) is 5.75 Å². The third-order valence-corrected chi connectivity index (χ3v) is 4.89. The quantitative estimate of drug-likeness (QED) is 0.826. The van der Waals surface area contributed by atoms with Crippen LogP contribution in [0.4, 0.5) is 10.5 Å². The van der Waals surface area contributed by atoms with Gasteiger partial charge in [-0.2, -0.15) is 0 Å². The van der Waals surface area contributed by atoms with Crippen LogP contribution in [0, 0.1) is 0 Å². The molecule has 1 amide bonds. The number of aliphatic hydroxyl groups is 1. The number of rotatable bonds is 1. The zero-order valence-electron chi connectivity index (χ0n) is 14.8. The Morgan fingerprint density at radius 3 is 2.58 bits per heavy atom. The van der Waals surface area contributed by atoms with E-state index in [9.17, 15) is 9.90 Å². The van der Waals surface area contributed by atoms with Gasteiger partial charge in [0.25, 0.3) is 0 Å². The predicted molar refractivity (Wildman–Crippen MR) is 91.3 cm³/mol. The van der Waals surface area contributed by atoms with Crippen molar-refractivity contribution in [1.29, 1.82) is 0 Å². The number of carbonyl (C=O) groups is 1. The highest BCUT2D eigenvalue weighted by Crippen LogP contribution is 2.48. The van der Waals surface area contributed by atoms with Gasteiger partial charge in [0, 0.05) is 24.2 Å². The second-order valence-corrected chi connectivity index (χ2v) is 7.58. The molecule has 0 radical (unpaired) electrons. The Hall–Kier alpha value is -1.95. The van der Waals surface area contributed by atoms with Crippen molar-refractivity contribution < 1.29 is 19.4 Å². The molecule has 0 aromatic heterocycles. The molecule has 0 bridgehead atoms. The van der Waals surface area contributed by atoms with Crippen LogP contribution in [0.25, 0.3) is 0 Å². The number of carbonyl (C=O) groups excluding carboxylic acids is 1. The lowest BCUT2D eigenvalue weighted by Gasteiger charge is -2.41. The molecule has 0 saturated carbocycles. The normalized spacial score (nSPS) is 22.0. The van der Waals surface area contributed by atoms with E-state index < -0.39 is 11.8 Å². The zero-order chi connectivity index (χ0) is 17.5. The Labute approximate surface area is 142 Å². The number of nitrogens with zero attached hydrogens (tertiary/aromatic N) is 1. The number of amides is 1. The Balaban J connectivity index is 1.77. The van der Waals surface area contributed by atoms with Crippen LogP contribution in [0.15, 0.2) is 18.2 Å². The van der Waals surface area contributed by atoms with Gasteiger partial charge in [0.05, 0.1) is 7.11 Å². The summed E-state index contributed by atoms with van der Waals surface area (Å²) in [4.78, 5) is 14.0. The minimum atomic E-state index is -0.652. The highest BCUT2D eigenvalue weighted by molar-refractivity contribution is 5.69. The van der Waals surface area contributed by atoms with Gasteiger partial charge in [-0.1, -0.05) is 0 Å². The van der Waals surface area contributed by atoms with Gasteiger partial charge >= 0.3 is 6.09 Å². The number of benzene rings is 1. The van der Waals surface area contributed by atoms with Crippen molar-refractivity contribution in [2.75, 3.05) is 25.5 Å². The van der Waals surface area contributed by atoms with E-state index in [0.29, 0.717) is 25.9 Å². The van der Waals surface area contributed by atoms with Crippen LogP contribution in [-0.4, -0.2) is 48.1 Å². The number of ether oxygens (including phenoxy) is 2. The maximum atomic E-state index is 12.3. The van der Waals surface area contributed by atoms with Crippen molar-refractivity contribution in [3.8, 4) is 5.75 Å². The standard InChI is InChI=1S/C18H26N2O4/c1-17(2,3)24-16(22)20-9-7-18(8-10-20)13-11-12(23-4)5-6-14(13)19-15(18)21/h5-6,11,15,19,21H,7-10H2,1-4H3/t15-/m0/s1. The Bertz CT molecular complexity index is 630. The molecule has 1 atom stereocenters. The first-order chi connectivity index (χ1) is 11.2. The summed E-state index contributed by atoms with van der Waals surface area (Å²) >= 11 is 0. The number of aliphatic hydroxyl groups excluding tert-OH is 1. The molecule has 1 fully saturated rings. The average molecular weight is 334 g/mol. The summed E-state index contributed by atoms with van der Waals surface area (Å²) < 4.78 is 10.8. The Morgan fingerprint density at radius 1 is 1.33 bits per heavy atom. The number of hydrogen-bond acceptors (Lipinski definition) is 5. The van der Waals surface area contributed by atoms with Gasteiger partial charge in [-0.25, -0.2) is 4.79 Å². The van der Waals surface area contributed by atoms with Crippen molar-refractivity contribution in [3.05, 3.63) is 23.8 Å². The Morgan fingerprint density at radius 2 is 2.00 bits per heavy atom. The maximum Gasteiger partial charge on any atom is 0.410 e. The molecule has 6 nitrogen and oxygen atoms in total. The molecule has 132 valence electrons. The first-order valence-corrected chi connectivity index (χ1v) is 8.36. The predicted octanol–water partition coefficient (Wildman–Crippen LogP) is 2.71. The smallest absolute Gasteiger partial charge is 0.410 e. The molecule has 2 aliphatic heterocycles. The van der Waals surface area contributed by atoms with Crippen LogP contribution in [0.3, 0.4) is 0 Å². The SMILES string of the molecule is COc1ccc2c(c1)C1(CCN(C(=O)OC(C)(C)C)CC1)[C@H](O)N2. The van der Waals surface area contributed by atoms with Gasteiger partial charge in [-0.05, 0) is 57.4 Å². The molecule has 2 heterocycles. The third-order valence-electron chi connectivity index (χ3n) is 4.89. The van der Waals surface area contributed by atoms with Gasteiger partial charge in [0.1, 0.15) is 17.6 Å². The fourth-order valence-corrected chi connectivity index (χ4v) is 3.58. The minimum Gasteiger partial charge on any atom is -0.497 e. The summed E-state index contributed by atoms with van der Waals surface area (Å²) in [6, 6.07) is 5.81. The van der Waals surface area contributed by atoms with E-state index in [1.54, 1.807) is 12.0 Å². The molecule has 2 aliphatic rings. The van der Waals surface area contributed by atoms with Gasteiger partial charge in [-0.3, -0.25) is 0 Å². The molecule has 0 aliphatic carbocycles. The van der Waals surface area contributed by atoms with E-state index in [2.05, 4.69) is 5.32 Å². The molecule has 1 aromatic carbocycles. The summed E-state index contributed by atoms with van der Waals surface area (Å²) in [7, 11) is 1.64. The molecule has 0 unspecified atom stereocenters. The van der Waals surface area contributed by atoms with E-state index in [4.69, 9.17) is 9.47 Å². The van der Waals surface area contributed by atoms with Crippen LogP contribution >= 0.6 is 0 Å². The number of likely N-dealkylation sites (tertiary alicyclic amines) is 1. The largest absolute Gasteiger partial charge is 0.497 e. The zero-order valence-corrected chi connectivity index (χ0v) is 14.8. The number of methoxy groups -OCH3 is 1. The van der Waals surface area contributed by atoms with Gasteiger partial charge in [-0.15, -0.1) is 0 Å². The van der Waals surface area contributed by atoms with E-state index in [1.165, 1.54) is 0 Å². The summed E-state index contributed by atoms with van der Waals surface area (Å²) in [6.45, 7) is 6.71. The summed E-state index contributed by atoms with van der Waals surface area (Å²) in [6.07, 6.45) is 0.422. The second kappa shape index (κ2) is 5.84. The lowest BCUT2D eigenvalue weighted by atomic mass is 9.73. The lowest BCUT2D eigenvalue weighted by Crippen LogP contribution is -2.51. The van der Waals surface area contributed by atoms with Crippen LogP contribution in [0.2, 0.25) is 0 Å². The summed E-state index contributed by atoms with van der Waals surface area (Å²) in [5, 5.41) is 13.8. The summed E-state index contributed by atoms with van der Waals surface area (Å²) in [5.41, 5.74) is 1.12. The number of piperidine rings is 1. The highest BCUT2D eigenvalue weighted by Gasteiger charge is 2.49. The lowest BCUT2D eigenvalue weighted by molar-refractivity contribution is 0.00580. The fourth-order valence-electron chi connectivity index (χ4n) is 3.58. The van der Waals surface area contributed by atoms with Crippen LogP contribution < -0.4 is 10.1 Å². The van der Waals surface area contributed by atoms with Gasteiger partial charge < -0.3 is 24.8 Å². The molecule has 1 spiro atoms. The van der Waals surface area contributed by atoms with Crippen LogP contribution in [0.1, 0.15) is 39.2 Å². The number of hydrogen-bond donors (Lipinski definition) is 2. The second-order valence-electron chi connectivity index (χ2n) is 7.58. The van der Waals surface area contributed by atoms with Crippen molar-refractivity contribution >= 4 is 11.8 Å². The third kappa shape index (κ3) is 2.90. The fraction of sp³-hybridized carbons (Fsp3) is 0.611. The molecule has 3 rings (SSSR count). The maximum absolute atomic E-state index is 12.3. The van der Waals surface area contributed by atoms with Gasteiger partial charge in [0.2, 0.25) is 0 Å². The molecule has 1 saturated heterocycles.